The second-order valence-corrected chi connectivity index (χ2v) is 9.14. The minimum absolute atomic E-state index is 0.0682. The first-order valence-electron chi connectivity index (χ1n) is 9.32. The van der Waals surface area contributed by atoms with Crippen molar-refractivity contribution in [2.24, 2.45) is 0 Å². The van der Waals surface area contributed by atoms with Crippen molar-refractivity contribution < 1.29 is 27.8 Å². The Balaban J connectivity index is 1.92. The Hall–Kier alpha value is -2.71. The zero-order valence-corrected chi connectivity index (χ0v) is 18.1. The highest BCUT2D eigenvalue weighted by molar-refractivity contribution is 7.96. The molecule has 0 saturated carbocycles. The normalized spacial score (nSPS) is 13.7. The van der Waals surface area contributed by atoms with Gasteiger partial charge in [0, 0.05) is 23.6 Å². The van der Waals surface area contributed by atoms with Gasteiger partial charge in [-0.3, -0.25) is 4.31 Å². The van der Waals surface area contributed by atoms with Crippen molar-refractivity contribution in [3.05, 3.63) is 69.8 Å². The molecule has 0 saturated heterocycles. The van der Waals surface area contributed by atoms with Gasteiger partial charge in [0.15, 0.2) is 0 Å². The number of anilines is 1. The highest BCUT2D eigenvalue weighted by Gasteiger charge is 2.34. The van der Waals surface area contributed by atoms with E-state index in [1.807, 2.05) is 0 Å². The third kappa shape index (κ3) is 4.71. The van der Waals surface area contributed by atoms with Crippen molar-refractivity contribution >= 4 is 33.3 Å². The second kappa shape index (κ2) is 8.97. The number of hydrogen-bond acceptors (Lipinski definition) is 5. The molecule has 0 aromatic heterocycles. The maximum atomic E-state index is 13.2. The van der Waals surface area contributed by atoms with Gasteiger partial charge in [-0.05, 0) is 49.8 Å². The van der Waals surface area contributed by atoms with Gasteiger partial charge in [0.2, 0.25) is 5.09 Å². The first-order valence-corrected chi connectivity index (χ1v) is 11.1. The van der Waals surface area contributed by atoms with Gasteiger partial charge in [0.05, 0.1) is 17.9 Å². The molecule has 0 radical (unpaired) electrons. The van der Waals surface area contributed by atoms with Crippen molar-refractivity contribution in [1.29, 1.82) is 0 Å². The first-order chi connectivity index (χ1) is 14.2. The lowest BCUT2D eigenvalue weighted by molar-refractivity contribution is 0.0697. The summed E-state index contributed by atoms with van der Waals surface area (Å²) in [5.74, 6) is -0.721. The molecule has 0 bridgehead atoms. The van der Waals surface area contributed by atoms with Crippen LogP contribution in [0.25, 0.3) is 0 Å². The Kier molecular flexibility index (Phi) is 6.58. The largest absolute Gasteiger partial charge is 0.487 e. The van der Waals surface area contributed by atoms with Crippen LogP contribution in [-0.2, 0) is 21.4 Å². The number of sulfonamides is 1. The quantitative estimate of drug-likeness (QED) is 0.638. The van der Waals surface area contributed by atoms with E-state index in [0.717, 1.165) is 5.56 Å². The Morgan fingerprint density at radius 2 is 1.93 bits per heavy atom. The molecule has 7 nitrogen and oxygen atoms in total. The summed E-state index contributed by atoms with van der Waals surface area (Å²) in [7, 11) is -3.90. The van der Waals surface area contributed by atoms with Crippen LogP contribution in [0.2, 0.25) is 5.02 Å². The smallest absolute Gasteiger partial charge is 0.335 e. The van der Waals surface area contributed by atoms with E-state index in [1.54, 1.807) is 50.3 Å². The predicted molar refractivity (Wildman–Crippen MR) is 114 cm³/mol. The van der Waals surface area contributed by atoms with Crippen LogP contribution >= 0.6 is 11.6 Å². The molecule has 1 heterocycles. The number of carbonyl (C=O) groups is 1. The zero-order chi connectivity index (χ0) is 21.9. The molecule has 2 aromatic rings. The lowest BCUT2D eigenvalue weighted by atomic mass is 10.1. The maximum absolute atomic E-state index is 13.2. The van der Waals surface area contributed by atoms with Gasteiger partial charge in [-0.25, -0.2) is 4.79 Å². The molecule has 0 amide bonds. The van der Waals surface area contributed by atoms with Crippen LogP contribution in [0.4, 0.5) is 5.69 Å². The average molecular weight is 452 g/mol. The molecule has 0 unspecified atom stereocenters. The van der Waals surface area contributed by atoms with Crippen molar-refractivity contribution in [2.75, 3.05) is 10.9 Å². The monoisotopic (exact) mass is 451 g/mol. The van der Waals surface area contributed by atoms with Gasteiger partial charge in [-0.15, -0.1) is 0 Å². The van der Waals surface area contributed by atoms with Crippen molar-refractivity contribution in [2.45, 2.75) is 32.9 Å². The minimum atomic E-state index is -3.90. The molecule has 9 heteroatoms. The fourth-order valence-corrected chi connectivity index (χ4v) is 4.93. The number of benzene rings is 2. The summed E-state index contributed by atoms with van der Waals surface area (Å²) < 4.78 is 38.8. The van der Waals surface area contributed by atoms with E-state index >= 15 is 0 Å². The van der Waals surface area contributed by atoms with Crippen molar-refractivity contribution in [3.8, 4) is 5.75 Å². The minimum Gasteiger partial charge on any atom is -0.487 e. The number of ether oxygens (including phenoxy) is 2. The van der Waals surface area contributed by atoms with E-state index in [1.165, 1.54) is 16.4 Å². The summed E-state index contributed by atoms with van der Waals surface area (Å²) in [6.07, 6.45) is 2.10. The number of aromatic carboxylic acids is 1. The second-order valence-electron chi connectivity index (χ2n) is 6.96. The topological polar surface area (TPSA) is 93.1 Å². The standard InChI is InChI=1S/C21H22ClNO6S/c1-14(2)23(30(26,27)20-4-3-11-28-20)18-10-9-17(22)12-19(18)29-13-15-5-7-16(8-6-15)21(24)25/h4-10,12,14H,3,11,13H2,1-2H3,(H,24,25). The van der Waals surface area contributed by atoms with Crippen LogP contribution in [0.5, 0.6) is 5.75 Å². The summed E-state index contributed by atoms with van der Waals surface area (Å²) in [4.78, 5) is 11.0. The van der Waals surface area contributed by atoms with E-state index in [4.69, 9.17) is 26.2 Å². The molecule has 0 fully saturated rings. The summed E-state index contributed by atoms with van der Waals surface area (Å²) in [5, 5.41) is 9.33. The molecule has 0 atom stereocenters. The van der Waals surface area contributed by atoms with E-state index in [0.29, 0.717) is 29.5 Å². The van der Waals surface area contributed by atoms with Crippen LogP contribution in [0.3, 0.4) is 0 Å². The summed E-state index contributed by atoms with van der Waals surface area (Å²) in [6.45, 7) is 3.96. The van der Waals surface area contributed by atoms with Crippen LogP contribution in [0.1, 0.15) is 36.2 Å². The van der Waals surface area contributed by atoms with E-state index in [2.05, 4.69) is 0 Å². The zero-order valence-electron chi connectivity index (χ0n) is 16.5. The highest BCUT2D eigenvalue weighted by Crippen LogP contribution is 2.37. The SMILES string of the molecule is CC(C)N(c1ccc(Cl)cc1OCc1ccc(C(=O)O)cc1)S(=O)(=O)C1=CCCO1. The number of hydrogen-bond donors (Lipinski definition) is 1. The molecule has 1 N–H and O–H groups in total. The lowest BCUT2D eigenvalue weighted by Gasteiger charge is -2.29. The Morgan fingerprint density at radius 3 is 2.50 bits per heavy atom. The van der Waals surface area contributed by atoms with Crippen LogP contribution in [0, 0.1) is 0 Å². The number of rotatable bonds is 8. The molecule has 3 rings (SSSR count). The molecule has 30 heavy (non-hydrogen) atoms. The first kappa shape index (κ1) is 22.0. The van der Waals surface area contributed by atoms with Gasteiger partial charge in [0.1, 0.15) is 12.4 Å². The molecular weight excluding hydrogens is 430 g/mol. The fourth-order valence-electron chi connectivity index (χ4n) is 3.05. The summed E-state index contributed by atoms with van der Waals surface area (Å²) >= 11 is 6.13. The van der Waals surface area contributed by atoms with E-state index < -0.39 is 22.0 Å². The maximum Gasteiger partial charge on any atom is 0.335 e. The fraction of sp³-hybridized carbons (Fsp3) is 0.286. The van der Waals surface area contributed by atoms with Crippen LogP contribution in [-0.4, -0.2) is 32.1 Å². The van der Waals surface area contributed by atoms with Crippen molar-refractivity contribution in [3.63, 3.8) is 0 Å². The Labute approximate surface area is 180 Å². The molecular formula is C21H22ClNO6S. The van der Waals surface area contributed by atoms with Gasteiger partial charge in [0.25, 0.3) is 10.0 Å². The molecule has 0 spiro atoms. The third-order valence-electron chi connectivity index (χ3n) is 4.41. The molecule has 160 valence electrons. The molecule has 2 aromatic carbocycles. The Bertz CT molecular complexity index is 1060. The lowest BCUT2D eigenvalue weighted by Crippen LogP contribution is -2.38. The molecule has 0 aliphatic carbocycles. The number of nitrogens with zero attached hydrogens (tertiary/aromatic N) is 1. The number of halogens is 1. The van der Waals surface area contributed by atoms with E-state index in [9.17, 15) is 13.2 Å². The summed E-state index contributed by atoms with van der Waals surface area (Å²) in [6, 6.07) is 10.6. The average Bonchev–Trinajstić information content (AvgIpc) is 3.23. The van der Waals surface area contributed by atoms with Crippen LogP contribution in [0.15, 0.2) is 53.6 Å². The molecule has 1 aliphatic heterocycles. The number of carboxylic acid groups (broad SMARTS) is 1. The predicted octanol–water partition coefficient (Wildman–Crippen LogP) is 4.42. The van der Waals surface area contributed by atoms with Crippen molar-refractivity contribution in [1.82, 2.24) is 0 Å². The summed E-state index contributed by atoms with van der Waals surface area (Å²) in [5.41, 5.74) is 1.24. The Morgan fingerprint density at radius 1 is 1.23 bits per heavy atom. The highest BCUT2D eigenvalue weighted by atomic mass is 35.5. The molecule has 1 aliphatic rings. The van der Waals surface area contributed by atoms with Gasteiger partial charge in [-0.2, -0.15) is 8.42 Å². The van der Waals surface area contributed by atoms with Gasteiger partial charge >= 0.3 is 5.97 Å². The van der Waals surface area contributed by atoms with E-state index in [-0.39, 0.29) is 17.3 Å². The third-order valence-corrected chi connectivity index (χ3v) is 6.57. The number of carboxylic acids is 1. The van der Waals surface area contributed by atoms with Gasteiger partial charge < -0.3 is 14.6 Å². The van der Waals surface area contributed by atoms with Crippen LogP contribution < -0.4 is 9.04 Å². The van der Waals surface area contributed by atoms with Gasteiger partial charge in [-0.1, -0.05) is 23.7 Å².